The number of furan rings is 1. The van der Waals surface area contributed by atoms with Crippen molar-refractivity contribution in [3.8, 4) is 11.3 Å². The molecule has 1 aromatic heterocycles. The van der Waals surface area contributed by atoms with Gasteiger partial charge in [-0.15, -0.1) is 0 Å². The van der Waals surface area contributed by atoms with Gasteiger partial charge in [-0.05, 0) is 43.3 Å². The van der Waals surface area contributed by atoms with Crippen LogP contribution in [0.15, 0.2) is 75.3 Å². The van der Waals surface area contributed by atoms with Crippen molar-refractivity contribution in [2.24, 2.45) is 0 Å². The van der Waals surface area contributed by atoms with E-state index in [0.29, 0.717) is 43.4 Å². The zero-order valence-electron chi connectivity index (χ0n) is 17.6. The molecule has 2 amide bonds. The molecule has 7 heteroatoms. The number of aryl methyl sites for hydroxylation is 1. The van der Waals surface area contributed by atoms with Gasteiger partial charge in [0.2, 0.25) is 0 Å². The van der Waals surface area contributed by atoms with Gasteiger partial charge in [0.15, 0.2) is 0 Å². The number of amides is 2. The Morgan fingerprint density at radius 1 is 0.969 bits per heavy atom. The number of hydrogen-bond acceptors (Lipinski definition) is 4. The summed E-state index contributed by atoms with van der Waals surface area (Å²) in [4.78, 5) is 27.7. The topological polar surface area (TPSA) is 71.8 Å². The Bertz CT molecular complexity index is 1130. The fraction of sp³-hybridized carbons (Fsp3) is 0.200. The first-order valence-electron chi connectivity index (χ1n) is 10.3. The van der Waals surface area contributed by atoms with Crippen molar-refractivity contribution < 1.29 is 18.7 Å². The average Bonchev–Trinajstić information content (AvgIpc) is 3.28. The first kappa shape index (κ1) is 22.0. The van der Waals surface area contributed by atoms with Crippen LogP contribution >= 0.6 is 15.9 Å². The highest BCUT2D eigenvalue weighted by Crippen LogP contribution is 2.25. The van der Waals surface area contributed by atoms with Crippen LogP contribution in [0.2, 0.25) is 0 Å². The Hall–Kier alpha value is -3.16. The standard InChI is InChI=1S/C25H23BrN2O4/c1-17-2-4-19(5-3-17)24(29)27-22(25(30)28-12-14-31-15-13-28)16-21-10-11-23(32-21)18-6-8-20(26)9-7-18/h2-11,16H,12-15H2,1H3,(H,27,29)/b22-16+. The van der Waals surface area contributed by atoms with Crippen molar-refractivity contribution in [3.63, 3.8) is 0 Å². The van der Waals surface area contributed by atoms with Crippen LogP contribution in [0.5, 0.6) is 0 Å². The van der Waals surface area contributed by atoms with Gasteiger partial charge in [0, 0.05) is 34.8 Å². The summed E-state index contributed by atoms with van der Waals surface area (Å²) in [6.07, 6.45) is 1.58. The highest BCUT2D eigenvalue weighted by molar-refractivity contribution is 9.10. The minimum absolute atomic E-state index is 0.161. The van der Waals surface area contributed by atoms with E-state index in [0.717, 1.165) is 15.6 Å². The first-order valence-corrected chi connectivity index (χ1v) is 11.1. The first-order chi connectivity index (χ1) is 15.5. The molecule has 1 N–H and O–H groups in total. The van der Waals surface area contributed by atoms with Crippen LogP contribution in [0.3, 0.4) is 0 Å². The molecule has 2 heterocycles. The molecule has 0 bridgehead atoms. The van der Waals surface area contributed by atoms with Crippen LogP contribution < -0.4 is 5.32 Å². The van der Waals surface area contributed by atoms with Crippen molar-refractivity contribution in [2.75, 3.05) is 26.3 Å². The molecule has 1 aliphatic heterocycles. The summed E-state index contributed by atoms with van der Waals surface area (Å²) in [6.45, 7) is 3.84. The highest BCUT2D eigenvalue weighted by atomic mass is 79.9. The number of benzene rings is 2. The minimum Gasteiger partial charge on any atom is -0.457 e. The third kappa shape index (κ3) is 5.36. The number of rotatable bonds is 5. The number of nitrogens with zero attached hydrogens (tertiary/aromatic N) is 1. The molecule has 3 aromatic rings. The van der Waals surface area contributed by atoms with Crippen molar-refractivity contribution >= 4 is 33.8 Å². The molecule has 0 aliphatic carbocycles. The summed E-state index contributed by atoms with van der Waals surface area (Å²) in [5.41, 5.74) is 2.61. The summed E-state index contributed by atoms with van der Waals surface area (Å²) in [5, 5.41) is 2.78. The summed E-state index contributed by atoms with van der Waals surface area (Å²) in [6, 6.07) is 18.6. The van der Waals surface area contributed by atoms with Crippen LogP contribution in [-0.2, 0) is 9.53 Å². The van der Waals surface area contributed by atoms with Gasteiger partial charge in [-0.3, -0.25) is 9.59 Å². The molecule has 6 nitrogen and oxygen atoms in total. The molecule has 1 aliphatic rings. The predicted octanol–water partition coefficient (Wildman–Crippen LogP) is 4.65. The molecule has 0 saturated carbocycles. The zero-order valence-corrected chi connectivity index (χ0v) is 19.2. The molecule has 32 heavy (non-hydrogen) atoms. The Morgan fingerprint density at radius 3 is 2.34 bits per heavy atom. The van der Waals surface area contributed by atoms with E-state index in [-0.39, 0.29) is 17.5 Å². The molecule has 4 rings (SSSR count). The van der Waals surface area contributed by atoms with E-state index in [4.69, 9.17) is 9.15 Å². The maximum Gasteiger partial charge on any atom is 0.270 e. The third-order valence-electron chi connectivity index (χ3n) is 5.13. The van der Waals surface area contributed by atoms with Gasteiger partial charge in [0.05, 0.1) is 13.2 Å². The number of carbonyl (C=O) groups excluding carboxylic acids is 2. The van der Waals surface area contributed by atoms with E-state index >= 15 is 0 Å². The lowest BCUT2D eigenvalue weighted by Crippen LogP contribution is -2.44. The van der Waals surface area contributed by atoms with Crippen molar-refractivity contribution in [1.82, 2.24) is 10.2 Å². The van der Waals surface area contributed by atoms with Crippen LogP contribution in [0.1, 0.15) is 21.7 Å². The van der Waals surface area contributed by atoms with Gasteiger partial charge in [-0.25, -0.2) is 0 Å². The van der Waals surface area contributed by atoms with Gasteiger partial charge in [-0.1, -0.05) is 45.8 Å². The lowest BCUT2D eigenvalue weighted by molar-refractivity contribution is -0.131. The SMILES string of the molecule is Cc1ccc(C(=O)N/C(=C/c2ccc(-c3ccc(Br)cc3)o2)C(=O)N2CCOCC2)cc1. The zero-order chi connectivity index (χ0) is 22.5. The van der Waals surface area contributed by atoms with Crippen LogP contribution in [0.25, 0.3) is 17.4 Å². The lowest BCUT2D eigenvalue weighted by atomic mass is 10.1. The van der Waals surface area contributed by atoms with E-state index < -0.39 is 0 Å². The second-order valence-corrected chi connectivity index (χ2v) is 8.41. The Labute approximate surface area is 195 Å². The van der Waals surface area contributed by atoms with Crippen LogP contribution in [0.4, 0.5) is 0 Å². The van der Waals surface area contributed by atoms with Crippen LogP contribution in [-0.4, -0.2) is 43.0 Å². The number of nitrogens with one attached hydrogen (secondary N) is 1. The predicted molar refractivity (Wildman–Crippen MR) is 126 cm³/mol. The normalized spacial score (nSPS) is 14.3. The largest absolute Gasteiger partial charge is 0.457 e. The molecule has 1 saturated heterocycles. The van der Waals surface area contributed by atoms with Crippen LogP contribution in [0, 0.1) is 6.92 Å². The summed E-state index contributed by atoms with van der Waals surface area (Å²) < 4.78 is 12.3. The van der Waals surface area contributed by atoms with Crippen molar-refractivity contribution in [2.45, 2.75) is 6.92 Å². The maximum absolute atomic E-state index is 13.2. The molecule has 0 unspecified atom stereocenters. The minimum atomic E-state index is -0.349. The summed E-state index contributed by atoms with van der Waals surface area (Å²) in [5.74, 6) is 0.531. The molecular weight excluding hydrogens is 472 g/mol. The second-order valence-electron chi connectivity index (χ2n) is 7.49. The summed E-state index contributed by atoms with van der Waals surface area (Å²) >= 11 is 3.42. The van der Waals surface area contributed by atoms with E-state index in [2.05, 4.69) is 21.2 Å². The van der Waals surface area contributed by atoms with E-state index in [1.54, 1.807) is 29.2 Å². The van der Waals surface area contributed by atoms with E-state index in [9.17, 15) is 9.59 Å². The average molecular weight is 495 g/mol. The third-order valence-corrected chi connectivity index (χ3v) is 5.66. The Balaban J connectivity index is 1.61. The number of hydrogen-bond donors (Lipinski definition) is 1. The summed E-state index contributed by atoms with van der Waals surface area (Å²) in [7, 11) is 0. The molecular formula is C25H23BrN2O4. The number of morpholine rings is 1. The monoisotopic (exact) mass is 494 g/mol. The fourth-order valence-corrected chi connectivity index (χ4v) is 3.59. The fourth-order valence-electron chi connectivity index (χ4n) is 3.33. The molecule has 0 atom stereocenters. The van der Waals surface area contributed by atoms with Gasteiger partial charge >= 0.3 is 0 Å². The van der Waals surface area contributed by atoms with Gasteiger partial charge in [0.1, 0.15) is 17.2 Å². The van der Waals surface area contributed by atoms with Crippen molar-refractivity contribution in [3.05, 3.63) is 87.7 Å². The molecule has 2 aromatic carbocycles. The Morgan fingerprint density at radius 2 is 1.66 bits per heavy atom. The highest BCUT2D eigenvalue weighted by Gasteiger charge is 2.23. The smallest absolute Gasteiger partial charge is 0.270 e. The van der Waals surface area contributed by atoms with Gasteiger partial charge < -0.3 is 19.4 Å². The molecule has 164 valence electrons. The molecule has 1 fully saturated rings. The van der Waals surface area contributed by atoms with E-state index in [1.807, 2.05) is 49.4 Å². The second kappa shape index (κ2) is 9.97. The molecule has 0 spiro atoms. The number of halogens is 1. The maximum atomic E-state index is 13.2. The quantitative estimate of drug-likeness (QED) is 0.524. The Kier molecular flexibility index (Phi) is 6.87. The van der Waals surface area contributed by atoms with Crippen molar-refractivity contribution in [1.29, 1.82) is 0 Å². The lowest BCUT2D eigenvalue weighted by Gasteiger charge is -2.27. The van der Waals surface area contributed by atoms with E-state index in [1.165, 1.54) is 0 Å². The van der Waals surface area contributed by atoms with Gasteiger partial charge in [0.25, 0.3) is 11.8 Å². The van der Waals surface area contributed by atoms with Gasteiger partial charge in [-0.2, -0.15) is 0 Å². The number of ether oxygens (including phenoxy) is 1. The number of carbonyl (C=O) groups is 2. The molecule has 0 radical (unpaired) electrons.